The molecule has 7 nitrogen and oxygen atoms in total. The van der Waals surface area contributed by atoms with E-state index >= 15 is 0 Å². The van der Waals surface area contributed by atoms with Gasteiger partial charge >= 0.3 is 5.97 Å². The predicted octanol–water partition coefficient (Wildman–Crippen LogP) is 0.936. The largest absolute Gasteiger partial charge is 0.497 e. The smallest absolute Gasteiger partial charge is 0.304 e. The van der Waals surface area contributed by atoms with Gasteiger partial charge in [0.2, 0.25) is 0 Å². The third kappa shape index (κ3) is 4.35. The van der Waals surface area contributed by atoms with Crippen LogP contribution in [0.4, 0.5) is 0 Å². The third-order valence-corrected chi connectivity index (χ3v) is 3.94. The molecule has 23 heavy (non-hydrogen) atoms. The summed E-state index contributed by atoms with van der Waals surface area (Å²) >= 11 is 0. The van der Waals surface area contributed by atoms with E-state index in [1.54, 1.807) is 30.2 Å². The summed E-state index contributed by atoms with van der Waals surface area (Å²) in [5.41, 5.74) is 0.507. The molecule has 0 aliphatic carbocycles. The number of carbonyl (C=O) groups is 2. The molecule has 1 N–H and O–H groups in total. The second kappa shape index (κ2) is 7.82. The van der Waals surface area contributed by atoms with Gasteiger partial charge in [-0.2, -0.15) is 0 Å². The molecule has 0 spiro atoms. The minimum atomic E-state index is -0.800. The maximum absolute atomic E-state index is 12.6. The maximum atomic E-state index is 12.6. The fraction of sp³-hybridized carbons (Fsp3) is 0.500. The highest BCUT2D eigenvalue weighted by atomic mass is 16.5. The molecule has 1 heterocycles. The van der Waals surface area contributed by atoms with Crippen molar-refractivity contribution in [3.8, 4) is 11.5 Å². The lowest BCUT2D eigenvalue weighted by molar-refractivity contribution is -0.137. The molecular formula is C16H22N2O5. The molecule has 0 bridgehead atoms. The Labute approximate surface area is 135 Å². The van der Waals surface area contributed by atoms with Gasteiger partial charge in [-0.15, -0.1) is 0 Å². The zero-order valence-corrected chi connectivity index (χ0v) is 13.4. The van der Waals surface area contributed by atoms with Crippen molar-refractivity contribution >= 4 is 11.9 Å². The summed E-state index contributed by atoms with van der Waals surface area (Å²) in [6.45, 7) is 3.03. The molecule has 1 aromatic rings. The maximum Gasteiger partial charge on any atom is 0.304 e. The average Bonchev–Trinajstić information content (AvgIpc) is 2.59. The SMILES string of the molecule is COc1ccc(C(=O)N2CCN(CCC(=O)O)CC2)c(OC)c1. The fourth-order valence-electron chi connectivity index (χ4n) is 2.57. The summed E-state index contributed by atoms with van der Waals surface area (Å²) in [4.78, 5) is 27.1. The van der Waals surface area contributed by atoms with E-state index in [4.69, 9.17) is 14.6 Å². The first kappa shape index (κ1) is 17.1. The van der Waals surface area contributed by atoms with Crippen LogP contribution in [0.5, 0.6) is 11.5 Å². The summed E-state index contributed by atoms with van der Waals surface area (Å²) in [6, 6.07) is 5.13. The molecule has 0 radical (unpaired) electrons. The number of carboxylic acids is 1. The van der Waals surface area contributed by atoms with Gasteiger partial charge in [0.15, 0.2) is 0 Å². The van der Waals surface area contributed by atoms with E-state index in [2.05, 4.69) is 4.90 Å². The fourth-order valence-corrected chi connectivity index (χ4v) is 2.57. The third-order valence-electron chi connectivity index (χ3n) is 3.94. The first-order valence-corrected chi connectivity index (χ1v) is 7.50. The van der Waals surface area contributed by atoms with Crippen LogP contribution in [0, 0.1) is 0 Å². The molecule has 1 aliphatic rings. The second-order valence-electron chi connectivity index (χ2n) is 5.34. The first-order chi connectivity index (χ1) is 11.0. The zero-order valence-electron chi connectivity index (χ0n) is 13.4. The molecule has 126 valence electrons. The molecule has 0 atom stereocenters. The summed E-state index contributed by atoms with van der Waals surface area (Å²) in [6.07, 6.45) is 0.125. The molecule has 2 rings (SSSR count). The number of hydrogen-bond donors (Lipinski definition) is 1. The molecule has 1 fully saturated rings. The summed E-state index contributed by atoms with van der Waals surface area (Å²) in [5.74, 6) is 0.244. The first-order valence-electron chi connectivity index (χ1n) is 7.50. The number of ether oxygens (including phenoxy) is 2. The van der Waals surface area contributed by atoms with Crippen LogP contribution in [0.3, 0.4) is 0 Å². The highest BCUT2D eigenvalue weighted by Gasteiger charge is 2.24. The van der Waals surface area contributed by atoms with Crippen LogP contribution in [0.1, 0.15) is 16.8 Å². The highest BCUT2D eigenvalue weighted by Crippen LogP contribution is 2.26. The lowest BCUT2D eigenvalue weighted by Gasteiger charge is -2.34. The van der Waals surface area contributed by atoms with Crippen molar-refractivity contribution in [2.75, 3.05) is 46.9 Å². The molecule has 0 aromatic heterocycles. The van der Waals surface area contributed by atoms with E-state index < -0.39 is 5.97 Å². The lowest BCUT2D eigenvalue weighted by atomic mass is 10.1. The van der Waals surface area contributed by atoms with Gasteiger partial charge < -0.3 is 19.5 Å². The van der Waals surface area contributed by atoms with Crippen LogP contribution in [0.2, 0.25) is 0 Å². The number of benzene rings is 1. The van der Waals surface area contributed by atoms with Gasteiger partial charge in [-0.3, -0.25) is 14.5 Å². The Morgan fingerprint density at radius 3 is 2.39 bits per heavy atom. The second-order valence-corrected chi connectivity index (χ2v) is 5.34. The average molecular weight is 322 g/mol. The molecular weight excluding hydrogens is 300 g/mol. The minimum Gasteiger partial charge on any atom is -0.497 e. The van der Waals surface area contributed by atoms with Gasteiger partial charge in [-0.05, 0) is 12.1 Å². The van der Waals surface area contributed by atoms with E-state index in [0.717, 1.165) is 0 Å². The Kier molecular flexibility index (Phi) is 5.81. The monoisotopic (exact) mass is 322 g/mol. The number of methoxy groups -OCH3 is 2. The minimum absolute atomic E-state index is 0.0811. The van der Waals surface area contributed by atoms with Gasteiger partial charge in [0, 0.05) is 38.8 Å². The van der Waals surface area contributed by atoms with Crippen molar-refractivity contribution in [1.82, 2.24) is 9.80 Å². The van der Waals surface area contributed by atoms with Crippen LogP contribution in [0.25, 0.3) is 0 Å². The molecule has 0 unspecified atom stereocenters. The topological polar surface area (TPSA) is 79.3 Å². The van der Waals surface area contributed by atoms with E-state index in [9.17, 15) is 9.59 Å². The summed E-state index contributed by atoms with van der Waals surface area (Å²) in [7, 11) is 3.09. The molecule has 1 saturated heterocycles. The highest BCUT2D eigenvalue weighted by molar-refractivity contribution is 5.97. The predicted molar refractivity (Wildman–Crippen MR) is 84.1 cm³/mol. The standard InChI is InChI=1S/C16H22N2O5/c1-22-12-3-4-13(14(11-12)23-2)16(21)18-9-7-17(8-10-18)6-5-15(19)20/h3-4,11H,5-10H2,1-2H3,(H,19,20). The molecule has 1 aromatic carbocycles. The normalized spacial score (nSPS) is 15.3. The molecule has 1 amide bonds. The van der Waals surface area contributed by atoms with Gasteiger partial charge in [0.1, 0.15) is 11.5 Å². The van der Waals surface area contributed by atoms with Crippen LogP contribution in [0.15, 0.2) is 18.2 Å². The van der Waals surface area contributed by atoms with E-state index in [-0.39, 0.29) is 12.3 Å². The van der Waals surface area contributed by atoms with Crippen LogP contribution in [-0.2, 0) is 4.79 Å². The van der Waals surface area contributed by atoms with Crippen LogP contribution in [-0.4, -0.2) is 73.7 Å². The summed E-state index contributed by atoms with van der Waals surface area (Å²) in [5, 5.41) is 8.72. The molecule has 0 saturated carbocycles. The Morgan fingerprint density at radius 2 is 1.83 bits per heavy atom. The number of hydrogen-bond acceptors (Lipinski definition) is 5. The van der Waals surface area contributed by atoms with Crippen molar-refractivity contribution < 1.29 is 24.2 Å². The van der Waals surface area contributed by atoms with Gasteiger partial charge in [0.25, 0.3) is 5.91 Å². The number of nitrogens with zero attached hydrogens (tertiary/aromatic N) is 2. The van der Waals surface area contributed by atoms with Crippen molar-refractivity contribution in [2.24, 2.45) is 0 Å². The molecule has 7 heteroatoms. The number of rotatable bonds is 6. The van der Waals surface area contributed by atoms with Crippen molar-refractivity contribution in [2.45, 2.75) is 6.42 Å². The number of carbonyl (C=O) groups excluding carboxylic acids is 1. The number of piperazine rings is 1. The Hall–Kier alpha value is -2.28. The zero-order chi connectivity index (χ0) is 16.8. The van der Waals surface area contributed by atoms with Crippen molar-refractivity contribution in [3.63, 3.8) is 0 Å². The van der Waals surface area contributed by atoms with E-state index in [0.29, 0.717) is 49.8 Å². The van der Waals surface area contributed by atoms with Gasteiger partial charge in [-0.25, -0.2) is 0 Å². The lowest BCUT2D eigenvalue weighted by Crippen LogP contribution is -2.49. The van der Waals surface area contributed by atoms with Gasteiger partial charge in [-0.1, -0.05) is 0 Å². The Balaban J connectivity index is 1.98. The van der Waals surface area contributed by atoms with Crippen molar-refractivity contribution in [3.05, 3.63) is 23.8 Å². The number of aliphatic carboxylic acids is 1. The van der Waals surface area contributed by atoms with Crippen molar-refractivity contribution in [1.29, 1.82) is 0 Å². The number of carboxylic acid groups (broad SMARTS) is 1. The van der Waals surface area contributed by atoms with E-state index in [1.165, 1.54) is 7.11 Å². The molecule has 1 aliphatic heterocycles. The van der Waals surface area contributed by atoms with Gasteiger partial charge in [0.05, 0.1) is 26.2 Å². The quantitative estimate of drug-likeness (QED) is 0.839. The number of amides is 1. The van der Waals surface area contributed by atoms with E-state index in [1.807, 2.05) is 0 Å². The van der Waals surface area contributed by atoms with Crippen LogP contribution >= 0.6 is 0 Å². The van der Waals surface area contributed by atoms with Crippen LogP contribution < -0.4 is 9.47 Å². The Morgan fingerprint density at radius 1 is 1.13 bits per heavy atom. The Bertz CT molecular complexity index is 568. The summed E-state index contributed by atoms with van der Waals surface area (Å²) < 4.78 is 10.4.